The molecule has 2 aliphatic rings. The van der Waals surface area contributed by atoms with E-state index >= 15 is 0 Å². The Bertz CT molecular complexity index is 1130. The molecule has 0 bridgehead atoms. The average molecular weight is 492 g/mol. The van der Waals surface area contributed by atoms with Crippen LogP contribution in [-0.4, -0.2) is 36.2 Å². The number of hydrogen-bond donors (Lipinski definition) is 0. The van der Waals surface area contributed by atoms with Crippen molar-refractivity contribution in [3.8, 4) is 5.75 Å². The van der Waals surface area contributed by atoms with Gasteiger partial charge in [0, 0.05) is 24.1 Å². The van der Waals surface area contributed by atoms with E-state index in [9.17, 15) is 4.79 Å². The first-order chi connectivity index (χ1) is 15.0. The Kier molecular flexibility index (Phi) is 6.57. The van der Waals surface area contributed by atoms with Crippen LogP contribution in [-0.2, 0) is 4.79 Å². The highest BCUT2D eigenvalue weighted by Gasteiger charge is 2.39. The van der Waals surface area contributed by atoms with Gasteiger partial charge in [-0.05, 0) is 49.0 Å². The maximum Gasteiger partial charge on any atom is 0.269 e. The topological polar surface area (TPSA) is 45.1 Å². The van der Waals surface area contributed by atoms with Gasteiger partial charge in [-0.1, -0.05) is 41.0 Å². The largest absolute Gasteiger partial charge is 0.497 e. The maximum absolute atomic E-state index is 13.3. The SMILES string of the molecule is C=CCN1C(=O)/C(=C2/Sc3ccc(OC)cc3N2CC)SC1=Nc1ccc(Cl)c(Cl)c1. The Morgan fingerprint density at radius 2 is 1.94 bits per heavy atom. The molecule has 1 amide bonds. The predicted molar refractivity (Wildman–Crippen MR) is 132 cm³/mol. The summed E-state index contributed by atoms with van der Waals surface area (Å²) >= 11 is 15.1. The van der Waals surface area contributed by atoms with Crippen LogP contribution in [0.15, 0.2) is 68.9 Å². The second-order valence-corrected chi connectivity index (χ2v) is 9.44. The van der Waals surface area contributed by atoms with Crippen LogP contribution in [0, 0.1) is 0 Å². The highest BCUT2D eigenvalue weighted by molar-refractivity contribution is 8.19. The molecule has 160 valence electrons. The van der Waals surface area contributed by atoms with Gasteiger partial charge >= 0.3 is 0 Å². The number of thioether (sulfide) groups is 2. The van der Waals surface area contributed by atoms with Crippen LogP contribution in [0.3, 0.4) is 0 Å². The van der Waals surface area contributed by atoms with Gasteiger partial charge in [0.25, 0.3) is 5.91 Å². The van der Waals surface area contributed by atoms with Crippen molar-refractivity contribution >= 4 is 69.2 Å². The number of ether oxygens (including phenoxy) is 1. The van der Waals surface area contributed by atoms with Crippen molar-refractivity contribution in [2.45, 2.75) is 11.8 Å². The van der Waals surface area contributed by atoms with Crippen LogP contribution >= 0.6 is 46.7 Å². The number of halogens is 2. The Morgan fingerprint density at radius 1 is 1.13 bits per heavy atom. The molecule has 0 radical (unpaired) electrons. The van der Waals surface area contributed by atoms with Gasteiger partial charge in [-0.15, -0.1) is 6.58 Å². The van der Waals surface area contributed by atoms with Crippen molar-refractivity contribution in [1.82, 2.24) is 4.90 Å². The molecule has 2 aliphatic heterocycles. The molecule has 0 aliphatic carbocycles. The lowest BCUT2D eigenvalue weighted by atomic mass is 10.2. The monoisotopic (exact) mass is 491 g/mol. The number of rotatable bonds is 5. The molecule has 0 atom stereocenters. The van der Waals surface area contributed by atoms with Gasteiger partial charge in [0.15, 0.2) is 5.17 Å². The van der Waals surface area contributed by atoms with Gasteiger partial charge in [-0.25, -0.2) is 4.99 Å². The number of carbonyl (C=O) groups excluding carboxylic acids is 1. The normalized spacial score (nSPS) is 19.4. The molecule has 2 aromatic carbocycles. The molecule has 0 saturated carbocycles. The number of nitrogens with zero attached hydrogens (tertiary/aromatic N) is 3. The first-order valence-corrected chi connectivity index (χ1v) is 11.9. The van der Waals surface area contributed by atoms with Gasteiger partial charge in [0.1, 0.15) is 15.7 Å². The third-order valence-electron chi connectivity index (χ3n) is 4.72. The van der Waals surface area contributed by atoms with Crippen LogP contribution in [0.25, 0.3) is 0 Å². The van der Waals surface area contributed by atoms with E-state index in [2.05, 4.69) is 23.4 Å². The third-order valence-corrected chi connectivity index (χ3v) is 7.84. The van der Waals surface area contributed by atoms with Crippen molar-refractivity contribution < 1.29 is 9.53 Å². The molecule has 0 spiro atoms. The van der Waals surface area contributed by atoms with E-state index in [4.69, 9.17) is 27.9 Å². The van der Waals surface area contributed by atoms with Crippen molar-refractivity contribution in [2.75, 3.05) is 25.1 Å². The van der Waals surface area contributed by atoms with Crippen molar-refractivity contribution in [2.24, 2.45) is 4.99 Å². The minimum atomic E-state index is -0.0931. The average Bonchev–Trinajstić information content (AvgIpc) is 3.28. The second kappa shape index (κ2) is 9.20. The van der Waals surface area contributed by atoms with E-state index in [-0.39, 0.29) is 5.91 Å². The molecule has 2 aromatic rings. The van der Waals surface area contributed by atoms with E-state index in [1.807, 2.05) is 18.2 Å². The lowest BCUT2D eigenvalue weighted by Crippen LogP contribution is -2.30. The summed E-state index contributed by atoms with van der Waals surface area (Å²) in [5, 5.41) is 2.35. The molecule has 0 aromatic heterocycles. The number of methoxy groups -OCH3 is 1. The summed E-state index contributed by atoms with van der Waals surface area (Å²) in [6, 6.07) is 11.1. The number of anilines is 1. The van der Waals surface area contributed by atoms with Crippen LogP contribution in [0.1, 0.15) is 6.92 Å². The van der Waals surface area contributed by atoms with E-state index in [1.54, 1.807) is 48.0 Å². The number of hydrogen-bond acceptors (Lipinski definition) is 6. The fraction of sp³-hybridized carbons (Fsp3) is 0.182. The zero-order valence-corrected chi connectivity index (χ0v) is 20.0. The molecular weight excluding hydrogens is 473 g/mol. The molecule has 1 saturated heterocycles. The quantitative estimate of drug-likeness (QED) is 0.350. The van der Waals surface area contributed by atoms with Gasteiger partial charge in [-0.3, -0.25) is 9.69 Å². The molecule has 2 heterocycles. The summed E-state index contributed by atoms with van der Waals surface area (Å²) in [7, 11) is 1.65. The van der Waals surface area contributed by atoms with E-state index in [1.165, 1.54) is 11.8 Å². The van der Waals surface area contributed by atoms with Crippen molar-refractivity contribution in [3.63, 3.8) is 0 Å². The summed E-state index contributed by atoms with van der Waals surface area (Å²) in [6.07, 6.45) is 1.69. The van der Waals surface area contributed by atoms with Gasteiger partial charge < -0.3 is 9.64 Å². The summed E-state index contributed by atoms with van der Waals surface area (Å²) in [5.74, 6) is 0.689. The minimum absolute atomic E-state index is 0.0931. The van der Waals surface area contributed by atoms with Crippen LogP contribution in [0.5, 0.6) is 5.75 Å². The lowest BCUT2D eigenvalue weighted by molar-refractivity contribution is -0.121. The minimum Gasteiger partial charge on any atom is -0.497 e. The highest BCUT2D eigenvalue weighted by atomic mass is 35.5. The summed E-state index contributed by atoms with van der Waals surface area (Å²) < 4.78 is 5.38. The van der Waals surface area contributed by atoms with Crippen LogP contribution < -0.4 is 9.64 Å². The predicted octanol–water partition coefficient (Wildman–Crippen LogP) is 6.55. The van der Waals surface area contributed by atoms with Crippen molar-refractivity contribution in [1.29, 1.82) is 0 Å². The van der Waals surface area contributed by atoms with Gasteiger partial charge in [0.05, 0.1) is 28.5 Å². The smallest absolute Gasteiger partial charge is 0.269 e. The second-order valence-electron chi connectivity index (χ2n) is 6.61. The fourth-order valence-electron chi connectivity index (χ4n) is 3.25. The number of fused-ring (bicyclic) bond motifs is 1. The standard InChI is InChI=1S/C22H19Cl2N3O2S2/c1-4-10-27-20(28)19(31-22(27)25-13-6-8-15(23)16(24)11-13)21-26(5-2)17-12-14(29-3)7-9-18(17)30-21/h4,6-9,11-12H,1,5,10H2,2-3H3/b21-19-,25-22?. The molecule has 0 unspecified atom stereocenters. The van der Waals surface area contributed by atoms with Gasteiger partial charge in [0.2, 0.25) is 0 Å². The Balaban J connectivity index is 1.76. The van der Waals surface area contributed by atoms with E-state index in [0.717, 1.165) is 27.9 Å². The highest BCUT2D eigenvalue weighted by Crippen LogP contribution is 2.51. The summed E-state index contributed by atoms with van der Waals surface area (Å²) in [4.78, 5) is 23.5. The molecule has 9 heteroatoms. The zero-order chi connectivity index (χ0) is 22.1. The third kappa shape index (κ3) is 4.20. The number of carbonyl (C=O) groups is 1. The van der Waals surface area contributed by atoms with Crippen molar-refractivity contribution in [3.05, 3.63) is 69.0 Å². The number of aliphatic imine (C=N–C) groups is 1. The molecule has 31 heavy (non-hydrogen) atoms. The molecule has 5 nitrogen and oxygen atoms in total. The first-order valence-electron chi connectivity index (χ1n) is 9.48. The molecule has 4 rings (SSSR count). The zero-order valence-electron chi connectivity index (χ0n) is 16.9. The first kappa shape index (κ1) is 22.1. The summed E-state index contributed by atoms with van der Waals surface area (Å²) in [6.45, 7) is 6.93. The Morgan fingerprint density at radius 3 is 2.61 bits per heavy atom. The number of amidine groups is 1. The molecular formula is C22H19Cl2N3O2S2. The fourth-order valence-corrected chi connectivity index (χ4v) is 5.92. The Hall–Kier alpha value is -2.06. The van der Waals surface area contributed by atoms with E-state index in [0.29, 0.717) is 32.4 Å². The van der Waals surface area contributed by atoms with Gasteiger partial charge in [-0.2, -0.15) is 0 Å². The van der Waals surface area contributed by atoms with Crippen LogP contribution in [0.2, 0.25) is 10.0 Å². The summed E-state index contributed by atoms with van der Waals surface area (Å²) in [5.41, 5.74) is 1.66. The van der Waals surface area contributed by atoms with Crippen LogP contribution in [0.4, 0.5) is 11.4 Å². The number of amides is 1. The number of benzene rings is 2. The maximum atomic E-state index is 13.3. The van der Waals surface area contributed by atoms with E-state index < -0.39 is 0 Å². The molecule has 1 fully saturated rings. The lowest BCUT2D eigenvalue weighted by Gasteiger charge is -2.19. The Labute approximate surface area is 199 Å². The molecule has 0 N–H and O–H groups in total.